The Kier molecular flexibility index (Phi) is 3.02. The lowest BCUT2D eigenvalue weighted by molar-refractivity contribution is 0.0956. The van der Waals surface area contributed by atoms with Crippen LogP contribution in [0.5, 0.6) is 0 Å². The molecule has 0 aliphatic heterocycles. The summed E-state index contributed by atoms with van der Waals surface area (Å²) in [6.07, 6.45) is 9.02. The molecule has 2 saturated carbocycles. The van der Waals surface area contributed by atoms with Crippen LogP contribution in [0.25, 0.3) is 10.9 Å². The van der Waals surface area contributed by atoms with Crippen LogP contribution in [0, 0.1) is 17.8 Å². The van der Waals surface area contributed by atoms with Gasteiger partial charge < -0.3 is 4.98 Å². The zero-order chi connectivity index (χ0) is 14.2. The Hall–Kier alpha value is -2.10. The van der Waals surface area contributed by atoms with Crippen molar-refractivity contribution < 1.29 is 4.79 Å². The number of hydrogen-bond donors (Lipinski definition) is 2. The molecule has 1 aromatic heterocycles. The average Bonchev–Trinajstić information content (AvgIpc) is 3.21. The number of H-pyrrole nitrogens is 1. The molecular formula is C17H19N3O. The van der Waals surface area contributed by atoms with E-state index < -0.39 is 0 Å². The van der Waals surface area contributed by atoms with Crippen LogP contribution in [0.15, 0.2) is 35.6 Å². The lowest BCUT2D eigenvalue weighted by atomic mass is 9.90. The van der Waals surface area contributed by atoms with Crippen LogP contribution in [-0.2, 0) is 0 Å². The first-order valence-corrected chi connectivity index (χ1v) is 7.71. The standard InChI is InChI=1S/C17H19N3O/c21-17(15-10-18-16-4-2-1-3-14(15)16)20-19-9-13-8-11-5-6-12(13)7-11/h1-4,9-13,18H,5-8H2,(H,20,21)/b19-9-/t11-,12-,13-/m1/s1. The monoisotopic (exact) mass is 281 g/mol. The molecule has 21 heavy (non-hydrogen) atoms. The summed E-state index contributed by atoms with van der Waals surface area (Å²) in [7, 11) is 0. The van der Waals surface area contributed by atoms with Crippen LogP contribution >= 0.6 is 0 Å². The molecule has 0 radical (unpaired) electrons. The highest BCUT2D eigenvalue weighted by atomic mass is 16.2. The molecule has 2 N–H and O–H groups in total. The van der Waals surface area contributed by atoms with Crippen molar-refractivity contribution in [2.24, 2.45) is 22.9 Å². The summed E-state index contributed by atoms with van der Waals surface area (Å²) in [5.41, 5.74) is 4.29. The molecule has 2 bridgehead atoms. The maximum Gasteiger partial charge on any atom is 0.273 e. The van der Waals surface area contributed by atoms with Crippen molar-refractivity contribution in [2.45, 2.75) is 25.7 Å². The molecule has 3 atom stereocenters. The Morgan fingerprint density at radius 2 is 2.19 bits per heavy atom. The zero-order valence-electron chi connectivity index (χ0n) is 11.9. The molecule has 0 unspecified atom stereocenters. The third-order valence-corrected chi connectivity index (χ3v) is 5.06. The van der Waals surface area contributed by atoms with Gasteiger partial charge in [0.05, 0.1) is 5.56 Å². The van der Waals surface area contributed by atoms with Gasteiger partial charge in [-0.3, -0.25) is 4.79 Å². The minimum atomic E-state index is -0.146. The maximum atomic E-state index is 12.2. The van der Waals surface area contributed by atoms with Gasteiger partial charge in [0, 0.05) is 23.3 Å². The first kappa shape index (κ1) is 12.6. The third kappa shape index (κ3) is 2.24. The number of para-hydroxylation sites is 1. The number of benzene rings is 1. The van der Waals surface area contributed by atoms with Gasteiger partial charge in [-0.05, 0) is 43.1 Å². The Bertz CT molecular complexity index is 703. The van der Waals surface area contributed by atoms with Crippen LogP contribution in [0.2, 0.25) is 0 Å². The first-order chi connectivity index (χ1) is 10.3. The predicted molar refractivity (Wildman–Crippen MR) is 83.2 cm³/mol. The Morgan fingerprint density at radius 3 is 3.00 bits per heavy atom. The van der Waals surface area contributed by atoms with Crippen LogP contribution < -0.4 is 5.43 Å². The number of amides is 1. The van der Waals surface area contributed by atoms with Gasteiger partial charge in [0.15, 0.2) is 0 Å². The second kappa shape index (κ2) is 5.02. The first-order valence-electron chi connectivity index (χ1n) is 7.71. The maximum absolute atomic E-state index is 12.2. The fourth-order valence-electron chi connectivity index (χ4n) is 3.99. The van der Waals surface area contributed by atoms with Crippen LogP contribution in [0.4, 0.5) is 0 Å². The van der Waals surface area contributed by atoms with Gasteiger partial charge in [-0.1, -0.05) is 24.6 Å². The van der Waals surface area contributed by atoms with Crippen molar-refractivity contribution in [3.63, 3.8) is 0 Å². The Balaban J connectivity index is 1.44. The number of nitrogens with one attached hydrogen (secondary N) is 2. The molecule has 2 aliphatic carbocycles. The second-order valence-corrected chi connectivity index (χ2v) is 6.31. The van der Waals surface area contributed by atoms with Crippen molar-refractivity contribution in [2.75, 3.05) is 0 Å². The van der Waals surface area contributed by atoms with Crippen LogP contribution in [0.3, 0.4) is 0 Å². The van der Waals surface area contributed by atoms with E-state index in [2.05, 4.69) is 15.5 Å². The molecule has 0 saturated heterocycles. The summed E-state index contributed by atoms with van der Waals surface area (Å²) in [5.74, 6) is 2.11. The number of carbonyl (C=O) groups excluding carboxylic acids is 1. The van der Waals surface area contributed by atoms with Crippen molar-refractivity contribution >= 4 is 23.0 Å². The minimum absolute atomic E-state index is 0.146. The normalized spacial score (nSPS) is 27.7. The number of aromatic amines is 1. The molecule has 0 spiro atoms. The van der Waals surface area contributed by atoms with E-state index in [0.717, 1.165) is 22.7 Å². The number of carbonyl (C=O) groups is 1. The molecule has 2 aliphatic rings. The topological polar surface area (TPSA) is 57.2 Å². The molecule has 4 nitrogen and oxygen atoms in total. The smallest absolute Gasteiger partial charge is 0.273 e. The minimum Gasteiger partial charge on any atom is -0.360 e. The molecule has 108 valence electrons. The van der Waals surface area contributed by atoms with Gasteiger partial charge in [-0.15, -0.1) is 0 Å². The largest absolute Gasteiger partial charge is 0.360 e. The number of aromatic nitrogens is 1. The van der Waals surface area contributed by atoms with Crippen molar-refractivity contribution in [1.29, 1.82) is 0 Å². The highest BCUT2D eigenvalue weighted by molar-refractivity contribution is 6.06. The van der Waals surface area contributed by atoms with E-state index in [1.54, 1.807) is 6.20 Å². The van der Waals surface area contributed by atoms with Crippen LogP contribution in [0.1, 0.15) is 36.0 Å². The van der Waals surface area contributed by atoms with Gasteiger partial charge in [0.25, 0.3) is 5.91 Å². The van der Waals surface area contributed by atoms with Gasteiger partial charge in [0.2, 0.25) is 0 Å². The van der Waals surface area contributed by atoms with Crippen molar-refractivity contribution in [1.82, 2.24) is 10.4 Å². The molecule has 1 heterocycles. The second-order valence-electron chi connectivity index (χ2n) is 6.31. The van der Waals surface area contributed by atoms with E-state index in [1.165, 1.54) is 25.7 Å². The lowest BCUT2D eigenvalue weighted by Crippen LogP contribution is -2.19. The SMILES string of the molecule is O=C(N/N=C\[C@H]1C[C@@H]2CC[C@@H]1C2)c1c[nH]c2ccccc12. The fraction of sp³-hybridized carbons (Fsp3) is 0.412. The van der Waals surface area contributed by atoms with E-state index in [4.69, 9.17) is 0 Å². The van der Waals surface area contributed by atoms with Crippen LogP contribution in [-0.4, -0.2) is 17.1 Å². The highest BCUT2D eigenvalue weighted by Crippen LogP contribution is 2.47. The molecule has 1 amide bonds. The van der Waals surface area contributed by atoms with Gasteiger partial charge in [0.1, 0.15) is 0 Å². The Labute approximate surface area is 123 Å². The summed E-state index contributed by atoms with van der Waals surface area (Å²) >= 11 is 0. The van der Waals surface area contributed by atoms with Crippen molar-refractivity contribution in [3.8, 4) is 0 Å². The molecular weight excluding hydrogens is 262 g/mol. The number of fused-ring (bicyclic) bond motifs is 3. The van der Waals surface area contributed by atoms with E-state index in [1.807, 2.05) is 30.5 Å². The van der Waals surface area contributed by atoms with E-state index in [0.29, 0.717) is 11.5 Å². The molecule has 2 aromatic rings. The molecule has 2 fully saturated rings. The quantitative estimate of drug-likeness (QED) is 0.658. The summed E-state index contributed by atoms with van der Waals surface area (Å²) in [6.45, 7) is 0. The predicted octanol–water partition coefficient (Wildman–Crippen LogP) is 3.32. The van der Waals surface area contributed by atoms with E-state index in [-0.39, 0.29) is 5.91 Å². The van der Waals surface area contributed by atoms with E-state index >= 15 is 0 Å². The summed E-state index contributed by atoms with van der Waals surface area (Å²) < 4.78 is 0. The number of hydrogen-bond acceptors (Lipinski definition) is 2. The third-order valence-electron chi connectivity index (χ3n) is 5.06. The average molecular weight is 281 g/mol. The lowest BCUT2D eigenvalue weighted by Gasteiger charge is -2.16. The van der Waals surface area contributed by atoms with Gasteiger partial charge in [-0.25, -0.2) is 5.43 Å². The number of nitrogens with zero attached hydrogens (tertiary/aromatic N) is 1. The number of rotatable bonds is 3. The number of hydrazone groups is 1. The highest BCUT2D eigenvalue weighted by Gasteiger charge is 2.38. The van der Waals surface area contributed by atoms with E-state index in [9.17, 15) is 4.79 Å². The summed E-state index contributed by atoms with van der Waals surface area (Å²) in [6, 6.07) is 7.80. The molecule has 4 rings (SSSR count). The Morgan fingerprint density at radius 1 is 1.29 bits per heavy atom. The van der Waals surface area contributed by atoms with Crippen molar-refractivity contribution in [3.05, 3.63) is 36.0 Å². The molecule has 1 aromatic carbocycles. The molecule has 4 heteroatoms. The summed E-state index contributed by atoms with van der Waals surface area (Å²) in [5, 5.41) is 5.13. The van der Waals surface area contributed by atoms with Gasteiger partial charge >= 0.3 is 0 Å². The fourth-order valence-corrected chi connectivity index (χ4v) is 3.99. The summed E-state index contributed by atoms with van der Waals surface area (Å²) in [4.78, 5) is 15.3. The zero-order valence-corrected chi connectivity index (χ0v) is 11.9. The van der Waals surface area contributed by atoms with Gasteiger partial charge in [-0.2, -0.15) is 5.10 Å².